The Hall–Kier alpha value is -2.36. The zero-order chi connectivity index (χ0) is 16.8. The van der Waals surface area contributed by atoms with Gasteiger partial charge in [-0.15, -0.1) is 0 Å². The zero-order valence-corrected chi connectivity index (χ0v) is 12.1. The second kappa shape index (κ2) is 5.37. The molecule has 124 valence electrons. The van der Waals surface area contributed by atoms with E-state index in [0.29, 0.717) is 11.3 Å². The lowest BCUT2D eigenvalue weighted by Gasteiger charge is -2.34. The van der Waals surface area contributed by atoms with Gasteiger partial charge in [-0.2, -0.15) is 13.2 Å². The Balaban J connectivity index is 1.91. The normalized spacial score (nSPS) is 19.3. The van der Waals surface area contributed by atoms with Crippen LogP contribution in [0, 0.1) is 6.92 Å². The third kappa shape index (κ3) is 2.81. The molecule has 2 aromatic rings. The lowest BCUT2D eigenvalue weighted by atomic mass is 10.2. The number of aryl methyl sites for hydroxylation is 1. The number of carbonyl (C=O) groups excluding carboxylic acids is 1. The van der Waals surface area contributed by atoms with Crippen molar-refractivity contribution in [2.24, 2.45) is 0 Å². The standard InChI is InChI=1S/C13H13F3N4O3/c1-7-8(5-17-10-4-11(21)18-20(7)10)12(22)19-2-3-23-9(6-19)13(14,15)16/h4-5,9H,2-3,6H2,1H3,(H,18,21)/t9-/m0/s1. The Labute approximate surface area is 127 Å². The quantitative estimate of drug-likeness (QED) is 0.836. The zero-order valence-electron chi connectivity index (χ0n) is 12.1. The summed E-state index contributed by atoms with van der Waals surface area (Å²) in [6, 6.07) is 1.26. The molecule has 1 N–H and O–H groups in total. The van der Waals surface area contributed by atoms with Gasteiger partial charge in [0, 0.05) is 18.8 Å². The number of alkyl halides is 3. The molecular weight excluding hydrogens is 317 g/mol. The molecule has 1 saturated heterocycles. The Bertz CT molecular complexity index is 811. The van der Waals surface area contributed by atoms with E-state index in [0.717, 1.165) is 4.90 Å². The van der Waals surface area contributed by atoms with Gasteiger partial charge < -0.3 is 9.64 Å². The maximum absolute atomic E-state index is 12.8. The highest BCUT2D eigenvalue weighted by Crippen LogP contribution is 2.26. The minimum Gasteiger partial charge on any atom is -0.365 e. The first-order valence-electron chi connectivity index (χ1n) is 6.82. The monoisotopic (exact) mass is 330 g/mol. The number of nitrogens with zero attached hydrogens (tertiary/aromatic N) is 3. The lowest BCUT2D eigenvalue weighted by Crippen LogP contribution is -2.51. The number of hydrogen-bond donors (Lipinski definition) is 1. The Kier molecular flexibility index (Phi) is 3.63. The van der Waals surface area contributed by atoms with E-state index in [1.807, 2.05) is 0 Å². The molecule has 1 atom stereocenters. The second-order valence-corrected chi connectivity index (χ2v) is 5.22. The Morgan fingerprint density at radius 3 is 2.91 bits per heavy atom. The summed E-state index contributed by atoms with van der Waals surface area (Å²) in [6.45, 7) is 0.887. The predicted octanol–water partition coefficient (Wildman–Crippen LogP) is 0.734. The number of hydrogen-bond acceptors (Lipinski definition) is 4. The van der Waals surface area contributed by atoms with E-state index in [2.05, 4.69) is 14.8 Å². The van der Waals surface area contributed by atoms with Crippen LogP contribution in [0.25, 0.3) is 5.65 Å². The molecular formula is C13H13F3N4O3. The van der Waals surface area contributed by atoms with Gasteiger partial charge in [-0.3, -0.25) is 14.7 Å². The third-order valence-electron chi connectivity index (χ3n) is 3.71. The fraction of sp³-hybridized carbons (Fsp3) is 0.462. The number of ether oxygens (including phenoxy) is 1. The Morgan fingerprint density at radius 2 is 2.22 bits per heavy atom. The fourth-order valence-corrected chi connectivity index (χ4v) is 2.49. The number of morpholine rings is 1. The molecule has 1 fully saturated rings. The molecule has 3 heterocycles. The molecule has 0 bridgehead atoms. The summed E-state index contributed by atoms with van der Waals surface area (Å²) in [5.41, 5.74) is 0.484. The van der Waals surface area contributed by atoms with E-state index in [-0.39, 0.29) is 24.3 Å². The van der Waals surface area contributed by atoms with Gasteiger partial charge in [0.2, 0.25) is 0 Å². The largest absolute Gasteiger partial charge is 0.416 e. The average molecular weight is 330 g/mol. The average Bonchev–Trinajstić information content (AvgIpc) is 2.88. The molecule has 1 aliphatic rings. The molecule has 7 nitrogen and oxygen atoms in total. The number of nitrogens with one attached hydrogen (secondary N) is 1. The molecule has 0 radical (unpaired) electrons. The maximum atomic E-state index is 12.8. The molecule has 0 saturated carbocycles. The van der Waals surface area contributed by atoms with Gasteiger partial charge in [0.15, 0.2) is 11.8 Å². The lowest BCUT2D eigenvalue weighted by molar-refractivity contribution is -0.233. The first-order chi connectivity index (χ1) is 10.8. The molecule has 1 aliphatic heterocycles. The highest BCUT2D eigenvalue weighted by Gasteiger charge is 2.44. The van der Waals surface area contributed by atoms with Crippen LogP contribution in [0.15, 0.2) is 17.1 Å². The minimum absolute atomic E-state index is 0.0606. The van der Waals surface area contributed by atoms with Crippen molar-refractivity contribution in [3.8, 4) is 0 Å². The molecule has 0 unspecified atom stereocenters. The van der Waals surface area contributed by atoms with Crippen LogP contribution in [0.4, 0.5) is 13.2 Å². The number of carbonyl (C=O) groups is 1. The van der Waals surface area contributed by atoms with Crippen molar-refractivity contribution in [1.82, 2.24) is 19.5 Å². The van der Waals surface area contributed by atoms with Crippen LogP contribution in [-0.2, 0) is 4.74 Å². The molecule has 2 aromatic heterocycles. The highest BCUT2D eigenvalue weighted by atomic mass is 19.4. The van der Waals surface area contributed by atoms with Gasteiger partial charge in [0.25, 0.3) is 11.5 Å². The van der Waals surface area contributed by atoms with Crippen LogP contribution in [0.5, 0.6) is 0 Å². The highest BCUT2D eigenvalue weighted by molar-refractivity contribution is 5.95. The van der Waals surface area contributed by atoms with Gasteiger partial charge >= 0.3 is 6.18 Å². The van der Waals surface area contributed by atoms with Crippen LogP contribution in [-0.4, -0.2) is 57.4 Å². The van der Waals surface area contributed by atoms with Crippen molar-refractivity contribution < 1.29 is 22.7 Å². The van der Waals surface area contributed by atoms with Gasteiger partial charge in [-0.25, -0.2) is 9.50 Å². The summed E-state index contributed by atoms with van der Waals surface area (Å²) in [5.74, 6) is -0.580. The van der Waals surface area contributed by atoms with Crippen LogP contribution < -0.4 is 5.56 Å². The van der Waals surface area contributed by atoms with Crippen molar-refractivity contribution in [2.45, 2.75) is 19.2 Å². The van der Waals surface area contributed by atoms with E-state index in [4.69, 9.17) is 0 Å². The Morgan fingerprint density at radius 1 is 1.48 bits per heavy atom. The first-order valence-corrected chi connectivity index (χ1v) is 6.82. The van der Waals surface area contributed by atoms with Crippen molar-refractivity contribution in [3.63, 3.8) is 0 Å². The summed E-state index contributed by atoms with van der Waals surface area (Å²) in [6.07, 6.45) is -5.26. The number of amides is 1. The number of aromatic amines is 1. The van der Waals surface area contributed by atoms with E-state index < -0.39 is 24.7 Å². The molecule has 0 aliphatic carbocycles. The second-order valence-electron chi connectivity index (χ2n) is 5.22. The van der Waals surface area contributed by atoms with Crippen molar-refractivity contribution in [1.29, 1.82) is 0 Å². The van der Waals surface area contributed by atoms with Crippen LogP contribution >= 0.6 is 0 Å². The van der Waals surface area contributed by atoms with E-state index in [9.17, 15) is 22.8 Å². The molecule has 0 spiro atoms. The molecule has 10 heteroatoms. The van der Waals surface area contributed by atoms with Crippen LogP contribution in [0.3, 0.4) is 0 Å². The van der Waals surface area contributed by atoms with Crippen LogP contribution in [0.2, 0.25) is 0 Å². The predicted molar refractivity (Wildman–Crippen MR) is 72.2 cm³/mol. The van der Waals surface area contributed by atoms with Crippen LogP contribution in [0.1, 0.15) is 16.1 Å². The number of rotatable bonds is 1. The number of H-pyrrole nitrogens is 1. The number of halogens is 3. The topological polar surface area (TPSA) is 79.7 Å². The van der Waals surface area contributed by atoms with Crippen molar-refractivity contribution in [3.05, 3.63) is 33.9 Å². The summed E-state index contributed by atoms with van der Waals surface area (Å²) < 4.78 is 44.3. The van der Waals surface area contributed by atoms with Crippen molar-refractivity contribution in [2.75, 3.05) is 19.7 Å². The summed E-state index contributed by atoms with van der Waals surface area (Å²) in [5, 5.41) is 2.48. The minimum atomic E-state index is -4.53. The van der Waals surface area contributed by atoms with Gasteiger partial charge in [-0.05, 0) is 6.92 Å². The van der Waals surface area contributed by atoms with Gasteiger partial charge in [0.1, 0.15) is 0 Å². The van der Waals surface area contributed by atoms with Crippen molar-refractivity contribution >= 4 is 11.6 Å². The molecule has 3 rings (SSSR count). The third-order valence-corrected chi connectivity index (χ3v) is 3.71. The summed E-state index contributed by atoms with van der Waals surface area (Å²) in [7, 11) is 0. The molecule has 0 aromatic carbocycles. The number of aromatic nitrogens is 3. The first kappa shape index (κ1) is 15.5. The SMILES string of the molecule is Cc1c(C(=O)N2CCO[C@H](C(F)(F)F)C2)cnc2cc(=O)[nH]n12. The summed E-state index contributed by atoms with van der Waals surface area (Å²) >= 11 is 0. The van der Waals surface area contributed by atoms with E-state index >= 15 is 0 Å². The molecule has 1 amide bonds. The van der Waals surface area contributed by atoms with Gasteiger partial charge in [-0.1, -0.05) is 0 Å². The fourth-order valence-electron chi connectivity index (χ4n) is 2.49. The van der Waals surface area contributed by atoms with E-state index in [1.165, 1.54) is 16.8 Å². The number of fused-ring (bicyclic) bond motifs is 1. The summed E-state index contributed by atoms with van der Waals surface area (Å²) in [4.78, 5) is 28.9. The molecule has 23 heavy (non-hydrogen) atoms. The van der Waals surface area contributed by atoms with Gasteiger partial charge in [0.05, 0.1) is 24.4 Å². The smallest absolute Gasteiger partial charge is 0.365 e. The van der Waals surface area contributed by atoms with E-state index in [1.54, 1.807) is 6.92 Å². The maximum Gasteiger partial charge on any atom is 0.416 e.